The summed E-state index contributed by atoms with van der Waals surface area (Å²) >= 11 is 0. The lowest BCUT2D eigenvalue weighted by atomic mass is 9.64. The molecular formula is C14H28N2. The number of hydrogen-bond donors (Lipinski definition) is 1. The molecule has 2 rings (SSSR count). The van der Waals surface area contributed by atoms with Gasteiger partial charge in [0.15, 0.2) is 0 Å². The van der Waals surface area contributed by atoms with Gasteiger partial charge in [0.25, 0.3) is 0 Å². The lowest BCUT2D eigenvalue weighted by Gasteiger charge is -2.45. The summed E-state index contributed by atoms with van der Waals surface area (Å²) in [5.74, 6) is 0.988. The first-order valence-electron chi connectivity index (χ1n) is 7.03. The zero-order valence-corrected chi connectivity index (χ0v) is 11.0. The van der Waals surface area contributed by atoms with Crippen LogP contribution in [-0.4, -0.2) is 31.6 Å². The van der Waals surface area contributed by atoms with Crippen LogP contribution in [0.3, 0.4) is 0 Å². The number of rotatable bonds is 3. The van der Waals surface area contributed by atoms with Gasteiger partial charge in [-0.2, -0.15) is 0 Å². The zero-order chi connectivity index (χ0) is 11.6. The highest BCUT2D eigenvalue weighted by Gasteiger charge is 2.42. The van der Waals surface area contributed by atoms with Crippen LogP contribution in [0, 0.1) is 11.3 Å². The van der Waals surface area contributed by atoms with E-state index in [1.807, 2.05) is 0 Å². The van der Waals surface area contributed by atoms with Crippen LogP contribution < -0.4 is 5.73 Å². The van der Waals surface area contributed by atoms with E-state index in [9.17, 15) is 0 Å². The Kier molecular flexibility index (Phi) is 3.91. The van der Waals surface area contributed by atoms with Crippen molar-refractivity contribution in [3.8, 4) is 0 Å². The van der Waals surface area contributed by atoms with Gasteiger partial charge in [0.1, 0.15) is 0 Å². The maximum atomic E-state index is 6.07. The molecule has 0 heterocycles. The monoisotopic (exact) mass is 224 g/mol. The molecule has 0 saturated heterocycles. The largest absolute Gasteiger partial charge is 0.328 e. The maximum absolute atomic E-state index is 6.07. The summed E-state index contributed by atoms with van der Waals surface area (Å²) in [5.41, 5.74) is 6.68. The van der Waals surface area contributed by atoms with Gasteiger partial charge in [-0.1, -0.05) is 12.8 Å². The van der Waals surface area contributed by atoms with E-state index in [1.165, 1.54) is 57.9 Å². The van der Waals surface area contributed by atoms with Gasteiger partial charge in [-0.15, -0.1) is 0 Å². The summed E-state index contributed by atoms with van der Waals surface area (Å²) in [6.45, 7) is 1.28. The first-order chi connectivity index (χ1) is 7.62. The molecule has 0 aliphatic heterocycles. The Morgan fingerprint density at radius 2 is 1.62 bits per heavy atom. The molecule has 0 bridgehead atoms. The van der Waals surface area contributed by atoms with E-state index in [0.717, 1.165) is 5.92 Å². The second-order valence-electron chi connectivity index (χ2n) is 6.42. The van der Waals surface area contributed by atoms with Gasteiger partial charge in [0, 0.05) is 12.6 Å². The lowest BCUT2D eigenvalue weighted by Crippen LogP contribution is -2.44. The fourth-order valence-corrected chi connectivity index (χ4v) is 4.08. The highest BCUT2D eigenvalue weighted by molar-refractivity contribution is 4.95. The van der Waals surface area contributed by atoms with Gasteiger partial charge in [-0.05, 0) is 64.0 Å². The summed E-state index contributed by atoms with van der Waals surface area (Å²) in [6.07, 6.45) is 11.1. The number of nitrogens with two attached hydrogens (primary N) is 1. The number of hydrogen-bond acceptors (Lipinski definition) is 2. The van der Waals surface area contributed by atoms with Crippen LogP contribution in [0.15, 0.2) is 0 Å². The molecule has 0 spiro atoms. The van der Waals surface area contributed by atoms with Crippen molar-refractivity contribution >= 4 is 0 Å². The predicted molar refractivity (Wildman–Crippen MR) is 69.4 cm³/mol. The first-order valence-corrected chi connectivity index (χ1v) is 7.03. The average Bonchev–Trinajstić information content (AvgIpc) is 2.75. The molecule has 2 nitrogen and oxygen atoms in total. The molecule has 94 valence electrons. The molecule has 2 saturated carbocycles. The molecule has 16 heavy (non-hydrogen) atoms. The molecular weight excluding hydrogens is 196 g/mol. The van der Waals surface area contributed by atoms with E-state index in [1.54, 1.807) is 0 Å². The zero-order valence-electron chi connectivity index (χ0n) is 11.0. The van der Waals surface area contributed by atoms with Crippen molar-refractivity contribution in [2.24, 2.45) is 17.1 Å². The Morgan fingerprint density at radius 1 is 1.06 bits per heavy atom. The van der Waals surface area contributed by atoms with Crippen LogP contribution in [0.2, 0.25) is 0 Å². The molecule has 2 heteroatoms. The smallest absolute Gasteiger partial charge is 0.00392 e. The Labute approximate surface area is 101 Å². The minimum Gasteiger partial charge on any atom is -0.328 e. The molecule has 2 aliphatic rings. The van der Waals surface area contributed by atoms with Crippen LogP contribution in [0.4, 0.5) is 0 Å². The van der Waals surface area contributed by atoms with Crippen molar-refractivity contribution in [2.45, 2.75) is 57.4 Å². The average molecular weight is 224 g/mol. The number of nitrogens with zero attached hydrogens (tertiary/aromatic N) is 1. The first kappa shape index (κ1) is 12.4. The van der Waals surface area contributed by atoms with Crippen molar-refractivity contribution in [3.05, 3.63) is 0 Å². The fraction of sp³-hybridized carbons (Fsp3) is 1.00. The molecule has 2 aliphatic carbocycles. The van der Waals surface area contributed by atoms with Crippen molar-refractivity contribution < 1.29 is 0 Å². The topological polar surface area (TPSA) is 29.3 Å². The summed E-state index contributed by atoms with van der Waals surface area (Å²) in [5, 5.41) is 0. The maximum Gasteiger partial charge on any atom is 0.00392 e. The summed E-state index contributed by atoms with van der Waals surface area (Å²) < 4.78 is 0. The molecule has 0 aromatic heterocycles. The normalized spacial score (nSPS) is 37.1. The van der Waals surface area contributed by atoms with Gasteiger partial charge in [0.05, 0.1) is 0 Å². The molecule has 0 unspecified atom stereocenters. The minimum atomic E-state index is 0.483. The van der Waals surface area contributed by atoms with E-state index >= 15 is 0 Å². The van der Waals surface area contributed by atoms with Crippen LogP contribution in [0.5, 0.6) is 0 Å². The van der Waals surface area contributed by atoms with E-state index in [-0.39, 0.29) is 0 Å². The summed E-state index contributed by atoms with van der Waals surface area (Å²) in [4.78, 5) is 2.40. The third kappa shape index (κ3) is 2.60. The fourth-order valence-electron chi connectivity index (χ4n) is 4.08. The van der Waals surface area contributed by atoms with Gasteiger partial charge in [0.2, 0.25) is 0 Å². The van der Waals surface area contributed by atoms with Crippen LogP contribution >= 0.6 is 0 Å². The van der Waals surface area contributed by atoms with Gasteiger partial charge in [-0.25, -0.2) is 0 Å². The van der Waals surface area contributed by atoms with Gasteiger partial charge < -0.3 is 10.6 Å². The third-order valence-electron chi connectivity index (χ3n) is 4.88. The Balaban J connectivity index is 2.05. The third-order valence-corrected chi connectivity index (χ3v) is 4.88. The minimum absolute atomic E-state index is 0.483. The second kappa shape index (κ2) is 5.05. The predicted octanol–water partition coefficient (Wildman–Crippen LogP) is 2.63. The van der Waals surface area contributed by atoms with Crippen LogP contribution in [-0.2, 0) is 0 Å². The van der Waals surface area contributed by atoms with Crippen molar-refractivity contribution in [1.29, 1.82) is 0 Å². The lowest BCUT2D eigenvalue weighted by molar-refractivity contribution is 0.0576. The molecule has 0 atom stereocenters. The van der Waals surface area contributed by atoms with Crippen molar-refractivity contribution in [3.63, 3.8) is 0 Å². The van der Waals surface area contributed by atoms with E-state index in [0.29, 0.717) is 11.5 Å². The van der Waals surface area contributed by atoms with E-state index in [4.69, 9.17) is 5.73 Å². The van der Waals surface area contributed by atoms with Crippen LogP contribution in [0.1, 0.15) is 51.4 Å². The molecule has 2 fully saturated rings. The van der Waals surface area contributed by atoms with Gasteiger partial charge in [-0.3, -0.25) is 0 Å². The molecule has 0 amide bonds. The molecule has 0 aromatic carbocycles. The summed E-state index contributed by atoms with van der Waals surface area (Å²) in [6, 6.07) is 0.483. The quantitative estimate of drug-likeness (QED) is 0.798. The van der Waals surface area contributed by atoms with E-state index < -0.39 is 0 Å². The van der Waals surface area contributed by atoms with E-state index in [2.05, 4.69) is 19.0 Å². The Hall–Kier alpha value is -0.0800. The van der Waals surface area contributed by atoms with Crippen molar-refractivity contribution in [1.82, 2.24) is 4.90 Å². The van der Waals surface area contributed by atoms with Crippen molar-refractivity contribution in [2.75, 3.05) is 20.6 Å². The Morgan fingerprint density at radius 3 is 2.12 bits per heavy atom. The highest BCUT2D eigenvalue weighted by atomic mass is 15.1. The standard InChI is InChI=1S/C14H28N2/c1-16(2)11-14(12-5-3-4-6-12)9-7-13(15)8-10-14/h12-13H,3-11,15H2,1-2H3. The molecule has 2 N–H and O–H groups in total. The SMILES string of the molecule is CN(C)CC1(C2CCCC2)CCC(N)CC1. The molecule has 0 aromatic rings. The van der Waals surface area contributed by atoms with Crippen LogP contribution in [0.25, 0.3) is 0 Å². The molecule has 0 radical (unpaired) electrons. The highest BCUT2D eigenvalue weighted by Crippen LogP contribution is 2.49. The Bertz CT molecular complexity index is 211. The van der Waals surface area contributed by atoms with Gasteiger partial charge >= 0.3 is 0 Å². The summed E-state index contributed by atoms with van der Waals surface area (Å²) in [7, 11) is 4.45. The second-order valence-corrected chi connectivity index (χ2v) is 6.42.